The molecule has 1 saturated heterocycles. The zero-order valence-corrected chi connectivity index (χ0v) is 17.9. The lowest BCUT2D eigenvalue weighted by molar-refractivity contribution is 0.0951. The summed E-state index contributed by atoms with van der Waals surface area (Å²) in [5.74, 6) is 0.960. The Morgan fingerprint density at radius 3 is 2.48 bits per heavy atom. The van der Waals surface area contributed by atoms with Crippen LogP contribution in [0.4, 0.5) is 10.9 Å². The van der Waals surface area contributed by atoms with E-state index in [0.717, 1.165) is 52.9 Å². The molecule has 1 aliphatic heterocycles. The molecule has 156 valence electrons. The number of carbonyl (C=O) groups is 1. The molecule has 0 spiro atoms. The zero-order valence-electron chi connectivity index (χ0n) is 17.1. The molecule has 0 saturated carbocycles. The van der Waals surface area contributed by atoms with E-state index < -0.39 is 0 Å². The van der Waals surface area contributed by atoms with Crippen molar-refractivity contribution in [2.45, 2.75) is 6.54 Å². The average molecular weight is 430 g/mol. The van der Waals surface area contributed by atoms with Crippen molar-refractivity contribution in [1.82, 2.24) is 15.3 Å². The number of hydrogen-bond donors (Lipinski definition) is 1. The highest BCUT2D eigenvalue weighted by atomic mass is 32.1. The van der Waals surface area contributed by atoms with Gasteiger partial charge in [-0.15, -0.1) is 0 Å². The van der Waals surface area contributed by atoms with Gasteiger partial charge in [0.1, 0.15) is 5.82 Å². The van der Waals surface area contributed by atoms with Crippen LogP contribution in [-0.4, -0.2) is 42.1 Å². The molecular weight excluding hydrogens is 406 g/mol. The maximum Gasteiger partial charge on any atom is 0.251 e. The first-order valence-corrected chi connectivity index (χ1v) is 11.2. The Morgan fingerprint density at radius 2 is 1.71 bits per heavy atom. The van der Waals surface area contributed by atoms with Crippen molar-refractivity contribution in [2.75, 3.05) is 36.0 Å². The number of nitrogens with one attached hydrogen (secondary N) is 1. The van der Waals surface area contributed by atoms with Crippen molar-refractivity contribution < 1.29 is 4.79 Å². The number of benzene rings is 2. The van der Waals surface area contributed by atoms with E-state index in [1.807, 2.05) is 66.9 Å². The summed E-state index contributed by atoms with van der Waals surface area (Å²) in [6.45, 7) is 4.16. The third-order valence-electron chi connectivity index (χ3n) is 5.46. The van der Waals surface area contributed by atoms with Gasteiger partial charge in [0.05, 0.1) is 10.2 Å². The summed E-state index contributed by atoms with van der Waals surface area (Å²) >= 11 is 1.65. The minimum atomic E-state index is -0.0651. The number of nitrogens with zero attached hydrogens (tertiary/aromatic N) is 4. The largest absolute Gasteiger partial charge is 0.353 e. The topological polar surface area (TPSA) is 61.4 Å². The van der Waals surface area contributed by atoms with Gasteiger partial charge in [-0.3, -0.25) is 4.79 Å². The molecule has 0 radical (unpaired) electrons. The van der Waals surface area contributed by atoms with Gasteiger partial charge in [0.25, 0.3) is 5.91 Å². The minimum Gasteiger partial charge on any atom is -0.353 e. The van der Waals surface area contributed by atoms with E-state index in [9.17, 15) is 4.79 Å². The number of anilines is 2. The quantitative estimate of drug-likeness (QED) is 0.521. The molecule has 0 bridgehead atoms. The number of rotatable bonds is 5. The predicted octanol–water partition coefficient (Wildman–Crippen LogP) is 3.95. The molecular formula is C24H23N5OS. The average Bonchev–Trinajstić information content (AvgIpc) is 3.27. The molecule has 6 nitrogen and oxygen atoms in total. The molecule has 2 aromatic carbocycles. The van der Waals surface area contributed by atoms with Crippen LogP contribution in [-0.2, 0) is 6.54 Å². The van der Waals surface area contributed by atoms with E-state index in [1.165, 1.54) is 0 Å². The fraction of sp³-hybridized carbons (Fsp3) is 0.208. The van der Waals surface area contributed by atoms with Gasteiger partial charge < -0.3 is 15.1 Å². The number of carbonyl (C=O) groups excluding carboxylic acids is 1. The highest BCUT2D eigenvalue weighted by molar-refractivity contribution is 7.22. The molecule has 3 heterocycles. The molecule has 5 rings (SSSR count). The summed E-state index contributed by atoms with van der Waals surface area (Å²) in [5.41, 5.74) is 2.69. The Balaban J connectivity index is 1.25. The second-order valence-corrected chi connectivity index (χ2v) is 8.52. The molecule has 31 heavy (non-hydrogen) atoms. The molecule has 0 aliphatic carbocycles. The second kappa shape index (κ2) is 8.73. The van der Waals surface area contributed by atoms with Crippen molar-refractivity contribution >= 4 is 38.4 Å². The summed E-state index contributed by atoms with van der Waals surface area (Å²) < 4.78 is 1.04. The standard InChI is InChI=1S/C24H23N5OS/c30-23(26-17-18-6-2-1-3-7-18)19-9-10-20-21(16-19)31-24(27-20)29-14-12-28(13-15-29)22-8-4-5-11-25-22/h1-11,16H,12-15,17H2,(H,26,30). The highest BCUT2D eigenvalue weighted by Gasteiger charge is 2.21. The summed E-state index contributed by atoms with van der Waals surface area (Å²) in [6.07, 6.45) is 1.84. The van der Waals surface area contributed by atoms with Crippen LogP contribution in [0.5, 0.6) is 0 Å². The van der Waals surface area contributed by atoms with Gasteiger partial charge in [0.15, 0.2) is 5.13 Å². The second-order valence-electron chi connectivity index (χ2n) is 7.51. The number of hydrogen-bond acceptors (Lipinski definition) is 6. The van der Waals surface area contributed by atoms with E-state index in [4.69, 9.17) is 4.98 Å². The number of fused-ring (bicyclic) bond motifs is 1. The Labute approximate surface area is 185 Å². The van der Waals surface area contributed by atoms with Gasteiger partial charge >= 0.3 is 0 Å². The monoisotopic (exact) mass is 429 g/mol. The molecule has 0 atom stereocenters. The lowest BCUT2D eigenvalue weighted by atomic mass is 10.2. The van der Waals surface area contributed by atoms with Crippen LogP contribution >= 0.6 is 11.3 Å². The Kier molecular flexibility index (Phi) is 5.50. The van der Waals surface area contributed by atoms with Crippen molar-refractivity contribution in [1.29, 1.82) is 0 Å². The van der Waals surface area contributed by atoms with Crippen LogP contribution in [0.3, 0.4) is 0 Å². The zero-order chi connectivity index (χ0) is 21.0. The number of piperazine rings is 1. The molecule has 1 fully saturated rings. The van der Waals surface area contributed by atoms with Crippen molar-refractivity contribution in [3.05, 3.63) is 84.1 Å². The Hall–Kier alpha value is -3.45. The maximum absolute atomic E-state index is 12.6. The smallest absolute Gasteiger partial charge is 0.251 e. The van der Waals surface area contributed by atoms with Gasteiger partial charge in [0.2, 0.25) is 0 Å². The maximum atomic E-state index is 12.6. The molecule has 1 amide bonds. The van der Waals surface area contributed by atoms with Gasteiger partial charge in [0, 0.05) is 44.5 Å². The lowest BCUT2D eigenvalue weighted by Crippen LogP contribution is -2.46. The van der Waals surface area contributed by atoms with Crippen LogP contribution in [0, 0.1) is 0 Å². The first-order chi connectivity index (χ1) is 15.3. The summed E-state index contributed by atoms with van der Waals surface area (Å²) in [5, 5.41) is 4.01. The van der Waals surface area contributed by atoms with Crippen LogP contribution in [0.1, 0.15) is 15.9 Å². The Morgan fingerprint density at radius 1 is 0.935 bits per heavy atom. The molecule has 1 N–H and O–H groups in total. The van der Waals surface area contributed by atoms with Crippen LogP contribution in [0.25, 0.3) is 10.2 Å². The number of amides is 1. The summed E-state index contributed by atoms with van der Waals surface area (Å²) in [7, 11) is 0. The fourth-order valence-electron chi connectivity index (χ4n) is 3.74. The van der Waals surface area contributed by atoms with E-state index >= 15 is 0 Å². The van der Waals surface area contributed by atoms with Crippen molar-refractivity contribution in [3.63, 3.8) is 0 Å². The predicted molar refractivity (Wildman–Crippen MR) is 126 cm³/mol. The molecule has 0 unspecified atom stereocenters. The van der Waals surface area contributed by atoms with E-state index in [-0.39, 0.29) is 5.91 Å². The normalized spacial score (nSPS) is 14.1. The van der Waals surface area contributed by atoms with Crippen LogP contribution < -0.4 is 15.1 Å². The van der Waals surface area contributed by atoms with Crippen LogP contribution in [0.2, 0.25) is 0 Å². The number of pyridine rings is 1. The summed E-state index contributed by atoms with van der Waals surface area (Å²) in [6, 6.07) is 21.7. The molecule has 4 aromatic rings. The first kappa shape index (κ1) is 19.5. The van der Waals surface area contributed by atoms with Gasteiger partial charge in [-0.1, -0.05) is 47.7 Å². The molecule has 7 heteroatoms. The fourth-order valence-corrected chi connectivity index (χ4v) is 4.79. The highest BCUT2D eigenvalue weighted by Crippen LogP contribution is 2.30. The van der Waals surface area contributed by atoms with E-state index in [1.54, 1.807) is 11.3 Å². The van der Waals surface area contributed by atoms with Gasteiger partial charge in [-0.05, 0) is 35.9 Å². The van der Waals surface area contributed by atoms with Gasteiger partial charge in [-0.25, -0.2) is 9.97 Å². The first-order valence-electron chi connectivity index (χ1n) is 10.4. The molecule has 2 aromatic heterocycles. The van der Waals surface area contributed by atoms with Crippen LogP contribution in [0.15, 0.2) is 72.9 Å². The Bertz CT molecular complexity index is 1170. The summed E-state index contributed by atoms with van der Waals surface area (Å²) in [4.78, 5) is 26.5. The SMILES string of the molecule is O=C(NCc1ccccc1)c1ccc2nc(N3CCN(c4ccccn4)CC3)sc2c1. The van der Waals surface area contributed by atoms with Crippen molar-refractivity contribution in [3.8, 4) is 0 Å². The third-order valence-corrected chi connectivity index (χ3v) is 6.54. The van der Waals surface area contributed by atoms with E-state index in [0.29, 0.717) is 12.1 Å². The minimum absolute atomic E-state index is 0.0651. The van der Waals surface area contributed by atoms with Crippen molar-refractivity contribution in [2.24, 2.45) is 0 Å². The number of thiazole rings is 1. The molecule has 1 aliphatic rings. The lowest BCUT2D eigenvalue weighted by Gasteiger charge is -2.35. The number of aromatic nitrogens is 2. The van der Waals surface area contributed by atoms with E-state index in [2.05, 4.69) is 26.2 Å². The third kappa shape index (κ3) is 4.36. The van der Waals surface area contributed by atoms with Gasteiger partial charge in [-0.2, -0.15) is 0 Å².